The van der Waals surface area contributed by atoms with Gasteiger partial charge in [0.25, 0.3) is 5.91 Å². The van der Waals surface area contributed by atoms with Gasteiger partial charge in [-0.05, 0) is 49.6 Å². The molecule has 0 aliphatic carbocycles. The fourth-order valence-electron chi connectivity index (χ4n) is 2.61. The van der Waals surface area contributed by atoms with Crippen LogP contribution in [0, 0.1) is 20.8 Å². The lowest BCUT2D eigenvalue weighted by Crippen LogP contribution is -2.29. The number of aromatic nitrogens is 3. The van der Waals surface area contributed by atoms with Gasteiger partial charge in [-0.15, -0.1) is 10.2 Å². The van der Waals surface area contributed by atoms with Crippen molar-refractivity contribution >= 4 is 17.7 Å². The van der Waals surface area contributed by atoms with Gasteiger partial charge in [0.05, 0.1) is 0 Å². The number of carbonyl (C=O) groups is 1. The van der Waals surface area contributed by atoms with E-state index in [9.17, 15) is 4.79 Å². The van der Waals surface area contributed by atoms with E-state index in [4.69, 9.17) is 4.74 Å². The highest BCUT2D eigenvalue weighted by Gasteiger charge is 2.13. The van der Waals surface area contributed by atoms with E-state index in [1.165, 1.54) is 17.3 Å². The van der Waals surface area contributed by atoms with E-state index in [2.05, 4.69) is 33.8 Å². The molecule has 0 aliphatic heterocycles. The molecule has 0 aliphatic rings. The molecule has 0 fully saturated rings. The van der Waals surface area contributed by atoms with Crippen LogP contribution in [-0.2, 0) is 10.5 Å². The van der Waals surface area contributed by atoms with Crippen LogP contribution in [0.1, 0.15) is 22.5 Å². The number of nitrogens with one attached hydrogen (secondary N) is 1. The number of hydrogen-bond donors (Lipinski definition) is 1. The summed E-state index contributed by atoms with van der Waals surface area (Å²) in [5.74, 6) is 1.78. The Balaban J connectivity index is 1.59. The molecule has 1 heterocycles. The number of aryl methyl sites for hydroxylation is 3. The molecule has 0 bridgehead atoms. The van der Waals surface area contributed by atoms with Crippen LogP contribution in [-0.4, -0.2) is 27.4 Å². The molecule has 0 saturated heterocycles. The second kappa shape index (κ2) is 8.73. The van der Waals surface area contributed by atoms with Gasteiger partial charge in [0.1, 0.15) is 11.6 Å². The van der Waals surface area contributed by atoms with Gasteiger partial charge in [-0.2, -0.15) is 0 Å². The average Bonchev–Trinajstić information content (AvgIpc) is 2.98. The monoisotopic (exact) mass is 382 g/mol. The average molecular weight is 382 g/mol. The van der Waals surface area contributed by atoms with E-state index in [0.717, 1.165) is 16.9 Å². The Kier molecular flexibility index (Phi) is 6.13. The van der Waals surface area contributed by atoms with Crippen molar-refractivity contribution in [2.75, 3.05) is 12.0 Å². The zero-order valence-corrected chi connectivity index (χ0v) is 16.4. The third-order valence-corrected chi connectivity index (χ3v) is 4.81. The van der Waals surface area contributed by atoms with Crippen LogP contribution < -0.4 is 10.2 Å². The van der Waals surface area contributed by atoms with Gasteiger partial charge in [0.15, 0.2) is 6.61 Å². The molecule has 0 unspecified atom stereocenters. The van der Waals surface area contributed by atoms with Crippen LogP contribution in [0.3, 0.4) is 0 Å². The number of rotatable bonds is 7. The van der Waals surface area contributed by atoms with Gasteiger partial charge >= 0.3 is 0 Å². The van der Waals surface area contributed by atoms with E-state index in [-0.39, 0.29) is 12.5 Å². The largest absolute Gasteiger partial charge is 0.484 e. The normalized spacial score (nSPS) is 10.6. The van der Waals surface area contributed by atoms with Gasteiger partial charge in [-0.3, -0.25) is 10.2 Å². The second-order valence-corrected chi connectivity index (χ2v) is 7.23. The quantitative estimate of drug-likeness (QED) is 0.632. The molecule has 7 heteroatoms. The molecule has 0 atom stereocenters. The van der Waals surface area contributed by atoms with Crippen molar-refractivity contribution in [2.45, 2.75) is 31.7 Å². The predicted octanol–water partition coefficient (Wildman–Crippen LogP) is 3.64. The first-order valence-electron chi connectivity index (χ1n) is 8.61. The van der Waals surface area contributed by atoms with E-state index in [1.807, 2.05) is 44.2 Å². The Bertz CT molecular complexity index is 905. The molecule has 0 radical (unpaired) electrons. The Morgan fingerprint density at radius 3 is 2.48 bits per heavy atom. The van der Waals surface area contributed by atoms with Crippen molar-refractivity contribution in [3.05, 3.63) is 71.0 Å². The minimum absolute atomic E-state index is 0.0801. The molecule has 27 heavy (non-hydrogen) atoms. The Morgan fingerprint density at radius 1 is 1.07 bits per heavy atom. The first-order chi connectivity index (χ1) is 13.0. The Hall–Kier alpha value is -2.80. The van der Waals surface area contributed by atoms with Crippen LogP contribution in [0.25, 0.3) is 0 Å². The lowest BCUT2D eigenvalue weighted by atomic mass is 10.1. The summed E-state index contributed by atoms with van der Waals surface area (Å²) in [7, 11) is 0. The topological polar surface area (TPSA) is 69.0 Å². The van der Waals surface area contributed by atoms with Gasteiger partial charge in [-0.1, -0.05) is 48.2 Å². The fraction of sp³-hybridized carbons (Fsp3) is 0.250. The summed E-state index contributed by atoms with van der Waals surface area (Å²) in [4.78, 5) is 12.3. The number of carbonyl (C=O) groups excluding carboxylic acids is 1. The molecule has 1 aromatic heterocycles. The third-order valence-electron chi connectivity index (χ3n) is 3.81. The van der Waals surface area contributed by atoms with Gasteiger partial charge in [0, 0.05) is 5.75 Å². The fourth-order valence-corrected chi connectivity index (χ4v) is 3.50. The summed E-state index contributed by atoms with van der Waals surface area (Å²) in [6, 6.07) is 16.0. The number of hydrogen-bond acceptors (Lipinski definition) is 5. The zero-order valence-electron chi connectivity index (χ0n) is 15.6. The summed E-state index contributed by atoms with van der Waals surface area (Å²) < 4.78 is 7.21. The van der Waals surface area contributed by atoms with Crippen LogP contribution in [0.15, 0.2) is 53.7 Å². The summed E-state index contributed by atoms with van der Waals surface area (Å²) in [6.07, 6.45) is 0. The molecule has 140 valence electrons. The highest BCUT2D eigenvalue weighted by Crippen LogP contribution is 2.21. The standard InChI is InChI=1S/C20H22N4O2S/c1-14-9-15(2)11-18(10-14)26-12-19(25)23-24-16(3)21-22-20(24)27-13-17-7-5-4-6-8-17/h4-11H,12-13H2,1-3H3,(H,23,25). The molecule has 6 nitrogen and oxygen atoms in total. The SMILES string of the molecule is Cc1cc(C)cc(OCC(=O)Nn2c(C)nnc2SCc2ccccc2)c1. The molecular weight excluding hydrogens is 360 g/mol. The summed E-state index contributed by atoms with van der Waals surface area (Å²) in [6.45, 7) is 5.71. The van der Waals surface area contributed by atoms with E-state index in [0.29, 0.717) is 16.7 Å². The van der Waals surface area contributed by atoms with Gasteiger partial charge < -0.3 is 4.74 Å². The molecule has 1 amide bonds. The smallest absolute Gasteiger partial charge is 0.276 e. The van der Waals surface area contributed by atoms with E-state index >= 15 is 0 Å². The number of thioether (sulfide) groups is 1. The first-order valence-corrected chi connectivity index (χ1v) is 9.59. The highest BCUT2D eigenvalue weighted by atomic mass is 32.2. The Labute approximate surface area is 162 Å². The van der Waals surface area contributed by atoms with Gasteiger partial charge in [0.2, 0.25) is 5.16 Å². The van der Waals surface area contributed by atoms with Crippen LogP contribution in [0.2, 0.25) is 0 Å². The lowest BCUT2D eigenvalue weighted by molar-refractivity contribution is -0.119. The van der Waals surface area contributed by atoms with Crippen molar-refractivity contribution in [1.82, 2.24) is 14.9 Å². The summed E-state index contributed by atoms with van der Waals surface area (Å²) in [5.41, 5.74) is 6.18. The molecule has 2 aromatic carbocycles. The van der Waals surface area contributed by atoms with E-state index in [1.54, 1.807) is 11.6 Å². The molecule has 1 N–H and O–H groups in total. The molecule has 3 aromatic rings. The summed E-state index contributed by atoms with van der Waals surface area (Å²) >= 11 is 1.52. The number of amides is 1. The maximum Gasteiger partial charge on any atom is 0.276 e. The maximum atomic E-state index is 12.3. The summed E-state index contributed by atoms with van der Waals surface area (Å²) in [5, 5.41) is 8.84. The predicted molar refractivity (Wildman–Crippen MR) is 107 cm³/mol. The van der Waals surface area contributed by atoms with E-state index < -0.39 is 0 Å². The third kappa shape index (κ3) is 5.34. The Morgan fingerprint density at radius 2 is 1.78 bits per heavy atom. The second-order valence-electron chi connectivity index (χ2n) is 6.29. The van der Waals surface area contributed by atoms with Crippen LogP contribution in [0.5, 0.6) is 5.75 Å². The van der Waals surface area contributed by atoms with Crippen molar-refractivity contribution < 1.29 is 9.53 Å². The first kappa shape index (κ1) is 19.0. The highest BCUT2D eigenvalue weighted by molar-refractivity contribution is 7.98. The molecule has 0 spiro atoms. The molecule has 0 saturated carbocycles. The number of nitrogens with zero attached hydrogens (tertiary/aromatic N) is 3. The van der Waals surface area contributed by atoms with Crippen molar-refractivity contribution in [3.63, 3.8) is 0 Å². The van der Waals surface area contributed by atoms with Crippen molar-refractivity contribution in [2.24, 2.45) is 0 Å². The minimum Gasteiger partial charge on any atom is -0.484 e. The number of benzene rings is 2. The van der Waals surface area contributed by atoms with Crippen LogP contribution >= 0.6 is 11.8 Å². The van der Waals surface area contributed by atoms with Gasteiger partial charge in [-0.25, -0.2) is 4.68 Å². The maximum absolute atomic E-state index is 12.3. The molecule has 3 rings (SSSR count). The minimum atomic E-state index is -0.265. The number of ether oxygens (including phenoxy) is 1. The zero-order chi connectivity index (χ0) is 19.2. The van der Waals surface area contributed by atoms with Crippen LogP contribution in [0.4, 0.5) is 0 Å². The van der Waals surface area contributed by atoms with Crippen molar-refractivity contribution in [3.8, 4) is 5.75 Å². The molecular formula is C20H22N4O2S. The lowest BCUT2D eigenvalue weighted by Gasteiger charge is -2.11. The van der Waals surface area contributed by atoms with Crippen molar-refractivity contribution in [1.29, 1.82) is 0 Å².